The van der Waals surface area contributed by atoms with E-state index in [1.807, 2.05) is 6.07 Å². The largest absolute Gasteiger partial charge is 0.468 e. The van der Waals surface area contributed by atoms with Crippen LogP contribution in [0.2, 0.25) is 0 Å². The predicted octanol–water partition coefficient (Wildman–Crippen LogP) is 2.88. The Kier molecular flexibility index (Phi) is 4.84. The van der Waals surface area contributed by atoms with Crippen molar-refractivity contribution in [3.05, 3.63) is 24.2 Å². The van der Waals surface area contributed by atoms with Gasteiger partial charge < -0.3 is 9.73 Å². The molecule has 1 fully saturated rings. The van der Waals surface area contributed by atoms with Crippen LogP contribution in [0.15, 0.2) is 22.8 Å². The SMILES string of the molecule is CC(C)C(C)NCCN(Cc1ccco1)C1CC1. The molecule has 3 nitrogen and oxygen atoms in total. The maximum Gasteiger partial charge on any atom is 0.117 e. The average Bonchev–Trinajstić information content (AvgIpc) is 3.06. The van der Waals surface area contributed by atoms with Gasteiger partial charge in [0.05, 0.1) is 12.8 Å². The predicted molar refractivity (Wildman–Crippen MR) is 74.4 cm³/mol. The van der Waals surface area contributed by atoms with Crippen molar-refractivity contribution in [3.63, 3.8) is 0 Å². The van der Waals surface area contributed by atoms with Crippen LogP contribution < -0.4 is 5.32 Å². The molecule has 0 aliphatic heterocycles. The van der Waals surface area contributed by atoms with E-state index in [2.05, 4.69) is 37.1 Å². The summed E-state index contributed by atoms with van der Waals surface area (Å²) in [5.74, 6) is 1.78. The smallest absolute Gasteiger partial charge is 0.117 e. The molecule has 1 aliphatic rings. The molecule has 1 atom stereocenters. The number of furan rings is 1. The highest BCUT2D eigenvalue weighted by Gasteiger charge is 2.29. The van der Waals surface area contributed by atoms with Crippen molar-refractivity contribution >= 4 is 0 Å². The van der Waals surface area contributed by atoms with Crippen molar-refractivity contribution in [2.45, 2.75) is 52.2 Å². The van der Waals surface area contributed by atoms with Gasteiger partial charge in [-0.05, 0) is 37.8 Å². The van der Waals surface area contributed by atoms with Crippen molar-refractivity contribution in [2.24, 2.45) is 5.92 Å². The van der Waals surface area contributed by atoms with Gasteiger partial charge >= 0.3 is 0 Å². The van der Waals surface area contributed by atoms with E-state index in [-0.39, 0.29) is 0 Å². The molecule has 1 aromatic rings. The molecule has 0 amide bonds. The van der Waals surface area contributed by atoms with Gasteiger partial charge in [-0.25, -0.2) is 0 Å². The topological polar surface area (TPSA) is 28.4 Å². The number of rotatable bonds is 8. The van der Waals surface area contributed by atoms with E-state index in [4.69, 9.17) is 4.42 Å². The van der Waals surface area contributed by atoms with Gasteiger partial charge in [0, 0.05) is 25.2 Å². The first kappa shape index (κ1) is 13.6. The lowest BCUT2D eigenvalue weighted by Crippen LogP contribution is -2.38. The molecule has 1 N–H and O–H groups in total. The fourth-order valence-electron chi connectivity index (χ4n) is 2.10. The highest BCUT2D eigenvalue weighted by molar-refractivity contribution is 4.99. The molecular weight excluding hydrogens is 224 g/mol. The minimum Gasteiger partial charge on any atom is -0.468 e. The van der Waals surface area contributed by atoms with Gasteiger partial charge in [-0.1, -0.05) is 13.8 Å². The zero-order valence-corrected chi connectivity index (χ0v) is 11.9. The van der Waals surface area contributed by atoms with Crippen LogP contribution in [0.4, 0.5) is 0 Å². The molecule has 1 heterocycles. The number of nitrogens with zero attached hydrogens (tertiary/aromatic N) is 1. The summed E-state index contributed by atoms with van der Waals surface area (Å²) in [6.07, 6.45) is 4.46. The second kappa shape index (κ2) is 6.39. The Balaban J connectivity index is 1.73. The minimum absolute atomic E-state index is 0.592. The lowest BCUT2D eigenvalue weighted by molar-refractivity contribution is 0.228. The van der Waals surface area contributed by atoms with Crippen molar-refractivity contribution in [1.82, 2.24) is 10.2 Å². The third kappa shape index (κ3) is 4.14. The third-order valence-electron chi connectivity index (χ3n) is 3.87. The number of hydrogen-bond acceptors (Lipinski definition) is 3. The average molecular weight is 250 g/mol. The number of hydrogen-bond donors (Lipinski definition) is 1. The molecule has 3 heteroatoms. The van der Waals surface area contributed by atoms with Crippen LogP contribution in [0.5, 0.6) is 0 Å². The first-order valence-electron chi connectivity index (χ1n) is 7.16. The first-order chi connectivity index (χ1) is 8.66. The van der Waals surface area contributed by atoms with E-state index in [9.17, 15) is 0 Å². The van der Waals surface area contributed by atoms with Gasteiger partial charge in [0.15, 0.2) is 0 Å². The molecule has 0 radical (unpaired) electrons. The van der Waals surface area contributed by atoms with Gasteiger partial charge in [0.2, 0.25) is 0 Å². The summed E-state index contributed by atoms with van der Waals surface area (Å²) in [6, 6.07) is 5.42. The van der Waals surface area contributed by atoms with Crippen molar-refractivity contribution in [1.29, 1.82) is 0 Å². The standard InChI is InChI=1S/C15H26N2O/c1-12(2)13(3)16-8-9-17(14-6-7-14)11-15-5-4-10-18-15/h4-5,10,12-14,16H,6-9,11H2,1-3H3. The summed E-state index contributed by atoms with van der Waals surface area (Å²) in [5.41, 5.74) is 0. The Bertz CT molecular complexity index is 330. The van der Waals surface area contributed by atoms with Crippen LogP contribution in [0.1, 0.15) is 39.4 Å². The monoisotopic (exact) mass is 250 g/mol. The van der Waals surface area contributed by atoms with E-state index >= 15 is 0 Å². The lowest BCUT2D eigenvalue weighted by atomic mass is 10.1. The molecule has 0 spiro atoms. The second-order valence-electron chi connectivity index (χ2n) is 5.77. The second-order valence-corrected chi connectivity index (χ2v) is 5.77. The fourth-order valence-corrected chi connectivity index (χ4v) is 2.10. The molecule has 102 valence electrons. The van der Waals surface area contributed by atoms with Crippen LogP contribution >= 0.6 is 0 Å². The highest BCUT2D eigenvalue weighted by Crippen LogP contribution is 2.27. The maximum absolute atomic E-state index is 5.45. The Hall–Kier alpha value is -0.800. The summed E-state index contributed by atoms with van der Waals surface area (Å²) in [5, 5.41) is 3.60. The molecule has 0 saturated heterocycles. The molecule has 0 aromatic carbocycles. The molecule has 1 aromatic heterocycles. The minimum atomic E-state index is 0.592. The van der Waals surface area contributed by atoms with E-state index in [1.165, 1.54) is 12.8 Å². The van der Waals surface area contributed by atoms with Crippen LogP contribution in [0.3, 0.4) is 0 Å². The van der Waals surface area contributed by atoms with E-state index in [1.54, 1.807) is 6.26 Å². The van der Waals surface area contributed by atoms with Gasteiger partial charge in [0.1, 0.15) is 5.76 Å². The molecule has 1 aliphatic carbocycles. The Morgan fingerprint density at radius 2 is 2.17 bits per heavy atom. The summed E-state index contributed by atoms with van der Waals surface area (Å²) in [4.78, 5) is 2.54. The molecule has 0 bridgehead atoms. The highest BCUT2D eigenvalue weighted by atomic mass is 16.3. The van der Waals surface area contributed by atoms with Gasteiger partial charge in [-0.2, -0.15) is 0 Å². The third-order valence-corrected chi connectivity index (χ3v) is 3.87. The van der Waals surface area contributed by atoms with Crippen LogP contribution in [-0.4, -0.2) is 30.1 Å². The Morgan fingerprint density at radius 3 is 2.72 bits per heavy atom. The zero-order chi connectivity index (χ0) is 13.0. The van der Waals surface area contributed by atoms with Crippen molar-refractivity contribution in [2.75, 3.05) is 13.1 Å². The lowest BCUT2D eigenvalue weighted by Gasteiger charge is -2.23. The molecule has 1 unspecified atom stereocenters. The molecule has 1 saturated carbocycles. The van der Waals surface area contributed by atoms with Crippen molar-refractivity contribution < 1.29 is 4.42 Å². The van der Waals surface area contributed by atoms with Crippen LogP contribution in [-0.2, 0) is 6.54 Å². The number of nitrogens with one attached hydrogen (secondary N) is 1. The summed E-state index contributed by atoms with van der Waals surface area (Å²) in [6.45, 7) is 9.92. The maximum atomic E-state index is 5.45. The van der Waals surface area contributed by atoms with Gasteiger partial charge in [0.25, 0.3) is 0 Å². The summed E-state index contributed by atoms with van der Waals surface area (Å²) in [7, 11) is 0. The Labute approximate surface area is 111 Å². The summed E-state index contributed by atoms with van der Waals surface area (Å²) >= 11 is 0. The van der Waals surface area contributed by atoms with Crippen LogP contribution in [0.25, 0.3) is 0 Å². The van der Waals surface area contributed by atoms with Gasteiger partial charge in [-0.15, -0.1) is 0 Å². The molecule has 2 rings (SSSR count). The van der Waals surface area contributed by atoms with Crippen LogP contribution in [0, 0.1) is 5.92 Å². The zero-order valence-electron chi connectivity index (χ0n) is 11.9. The molecular formula is C15H26N2O. The van der Waals surface area contributed by atoms with E-state index < -0.39 is 0 Å². The van der Waals surface area contributed by atoms with E-state index in [0.29, 0.717) is 12.0 Å². The normalized spacial score (nSPS) is 17.6. The fraction of sp³-hybridized carbons (Fsp3) is 0.733. The quantitative estimate of drug-likeness (QED) is 0.769. The van der Waals surface area contributed by atoms with E-state index in [0.717, 1.165) is 31.4 Å². The Morgan fingerprint density at radius 1 is 1.39 bits per heavy atom. The molecule has 18 heavy (non-hydrogen) atoms. The van der Waals surface area contributed by atoms with Crippen molar-refractivity contribution in [3.8, 4) is 0 Å². The summed E-state index contributed by atoms with van der Waals surface area (Å²) < 4.78 is 5.45. The van der Waals surface area contributed by atoms with Gasteiger partial charge in [-0.3, -0.25) is 4.90 Å². The first-order valence-corrected chi connectivity index (χ1v) is 7.16.